The molecule has 0 unspecified atom stereocenters. The zero-order valence-electron chi connectivity index (χ0n) is 13.7. The van der Waals surface area contributed by atoms with E-state index in [2.05, 4.69) is 32.3 Å². The molecule has 0 aliphatic carbocycles. The van der Waals surface area contributed by atoms with Crippen molar-refractivity contribution in [2.75, 3.05) is 5.32 Å². The number of pyridine rings is 1. The van der Waals surface area contributed by atoms with E-state index in [1.807, 2.05) is 38.1 Å². The lowest BCUT2D eigenvalue weighted by molar-refractivity contribution is 0.458. The van der Waals surface area contributed by atoms with Crippen LogP contribution in [0.5, 0.6) is 0 Å². The summed E-state index contributed by atoms with van der Waals surface area (Å²) in [7, 11) is 0. The Balaban J connectivity index is 1.75. The van der Waals surface area contributed by atoms with Crippen LogP contribution in [0.4, 0.5) is 11.8 Å². The van der Waals surface area contributed by atoms with Gasteiger partial charge in [0.2, 0.25) is 0 Å². The Labute approximate surface area is 143 Å². The first-order valence-electron chi connectivity index (χ1n) is 7.71. The van der Waals surface area contributed by atoms with Crippen LogP contribution < -0.4 is 5.32 Å². The summed E-state index contributed by atoms with van der Waals surface area (Å²) < 4.78 is 10.8. The van der Waals surface area contributed by atoms with E-state index < -0.39 is 0 Å². The molecule has 6 nitrogen and oxygen atoms in total. The van der Waals surface area contributed by atoms with Crippen LogP contribution >= 0.6 is 0 Å². The number of nitrogens with zero attached hydrogens (tertiary/aromatic N) is 3. The largest absolute Gasteiger partial charge is 0.432 e. The minimum Gasteiger partial charge on any atom is -0.432 e. The van der Waals surface area contributed by atoms with Gasteiger partial charge in [0.05, 0.1) is 16.6 Å². The summed E-state index contributed by atoms with van der Waals surface area (Å²) >= 11 is 0. The Hall–Kier alpha value is -3.59. The second-order valence-electron chi connectivity index (χ2n) is 5.58. The van der Waals surface area contributed by atoms with Gasteiger partial charge in [-0.2, -0.15) is 4.98 Å². The van der Waals surface area contributed by atoms with Crippen LogP contribution in [0, 0.1) is 25.7 Å². The molecule has 0 fully saturated rings. The number of oxazole rings is 1. The van der Waals surface area contributed by atoms with Gasteiger partial charge in [0.15, 0.2) is 11.4 Å². The standard InChI is InChI=1S/C19H14N4O2/c1-12-5-7-16-17(15(12)8-6-14-4-3-9-20-10-14)25-23-18(16)22-19-21-13(2)11-24-19/h3-5,7,9-11H,1-2H3,(H,21,22,23). The normalized spacial score (nSPS) is 10.5. The molecule has 0 radical (unpaired) electrons. The van der Waals surface area contributed by atoms with Gasteiger partial charge in [-0.15, -0.1) is 0 Å². The summed E-state index contributed by atoms with van der Waals surface area (Å²) in [5.41, 5.74) is 4.06. The predicted molar refractivity (Wildman–Crippen MR) is 93.5 cm³/mol. The van der Waals surface area contributed by atoms with E-state index in [1.54, 1.807) is 18.7 Å². The molecule has 1 N–H and O–H groups in total. The second-order valence-corrected chi connectivity index (χ2v) is 5.58. The molecule has 0 amide bonds. The number of anilines is 2. The Morgan fingerprint density at radius 1 is 1.12 bits per heavy atom. The van der Waals surface area contributed by atoms with Crippen molar-refractivity contribution in [3.05, 3.63) is 65.3 Å². The average molecular weight is 330 g/mol. The van der Waals surface area contributed by atoms with Gasteiger partial charge in [-0.25, -0.2) is 0 Å². The maximum atomic E-state index is 5.53. The number of rotatable bonds is 2. The third-order valence-corrected chi connectivity index (χ3v) is 3.69. The molecule has 0 aliphatic heterocycles. The molecule has 0 aliphatic rings. The quantitative estimate of drug-likeness (QED) is 0.560. The van der Waals surface area contributed by atoms with Crippen molar-refractivity contribution >= 4 is 22.8 Å². The van der Waals surface area contributed by atoms with Crippen molar-refractivity contribution < 1.29 is 8.94 Å². The molecule has 3 aromatic heterocycles. The molecular weight excluding hydrogens is 316 g/mol. The van der Waals surface area contributed by atoms with Gasteiger partial charge in [-0.1, -0.05) is 23.1 Å². The van der Waals surface area contributed by atoms with Crippen LogP contribution in [-0.2, 0) is 0 Å². The van der Waals surface area contributed by atoms with E-state index >= 15 is 0 Å². The third-order valence-electron chi connectivity index (χ3n) is 3.69. The maximum Gasteiger partial charge on any atom is 0.300 e. The summed E-state index contributed by atoms with van der Waals surface area (Å²) in [5.74, 6) is 6.81. The molecule has 6 heteroatoms. The number of benzene rings is 1. The van der Waals surface area contributed by atoms with Gasteiger partial charge in [0.25, 0.3) is 0 Å². The Morgan fingerprint density at radius 2 is 2.04 bits per heavy atom. The maximum absolute atomic E-state index is 5.53. The van der Waals surface area contributed by atoms with E-state index in [-0.39, 0.29) is 0 Å². The molecule has 0 saturated carbocycles. The van der Waals surface area contributed by atoms with Gasteiger partial charge in [-0.05, 0) is 37.6 Å². The summed E-state index contributed by atoms with van der Waals surface area (Å²) in [6.07, 6.45) is 5.01. The first-order chi connectivity index (χ1) is 12.2. The van der Waals surface area contributed by atoms with Crippen LogP contribution in [0.2, 0.25) is 0 Å². The van der Waals surface area contributed by atoms with Crippen molar-refractivity contribution in [1.82, 2.24) is 15.1 Å². The van der Waals surface area contributed by atoms with Gasteiger partial charge in [-0.3, -0.25) is 10.3 Å². The summed E-state index contributed by atoms with van der Waals surface area (Å²) in [6, 6.07) is 8.06. The molecule has 0 spiro atoms. The number of nitrogens with one attached hydrogen (secondary N) is 1. The fourth-order valence-electron chi connectivity index (χ4n) is 2.43. The van der Waals surface area contributed by atoms with Gasteiger partial charge in [0, 0.05) is 18.0 Å². The van der Waals surface area contributed by atoms with E-state index in [9.17, 15) is 0 Å². The van der Waals surface area contributed by atoms with Crippen molar-refractivity contribution in [3.8, 4) is 11.8 Å². The summed E-state index contributed by atoms with van der Waals surface area (Å²) in [5, 5.41) is 7.93. The molecule has 25 heavy (non-hydrogen) atoms. The Morgan fingerprint density at radius 3 is 2.80 bits per heavy atom. The summed E-state index contributed by atoms with van der Waals surface area (Å²) in [6.45, 7) is 3.84. The average Bonchev–Trinajstić information content (AvgIpc) is 3.22. The molecule has 0 atom stereocenters. The van der Waals surface area contributed by atoms with Crippen LogP contribution in [0.3, 0.4) is 0 Å². The van der Waals surface area contributed by atoms with Crippen LogP contribution in [0.25, 0.3) is 11.0 Å². The molecular formula is C19H14N4O2. The van der Waals surface area contributed by atoms with E-state index in [1.165, 1.54) is 0 Å². The fraction of sp³-hybridized carbons (Fsp3) is 0.105. The Kier molecular flexibility index (Phi) is 3.67. The molecule has 1 aromatic carbocycles. The molecule has 0 saturated heterocycles. The zero-order chi connectivity index (χ0) is 17.2. The molecule has 4 rings (SSSR count). The number of fused-ring (bicyclic) bond motifs is 1. The van der Waals surface area contributed by atoms with Gasteiger partial charge in [0.1, 0.15) is 6.26 Å². The molecule has 122 valence electrons. The van der Waals surface area contributed by atoms with Crippen LogP contribution in [0.15, 0.2) is 51.9 Å². The SMILES string of the molecule is Cc1coc(Nc2noc3c(C#Cc4cccnc4)c(C)ccc23)n1. The van der Waals surface area contributed by atoms with E-state index in [0.717, 1.165) is 27.8 Å². The number of hydrogen-bond donors (Lipinski definition) is 1. The monoisotopic (exact) mass is 330 g/mol. The highest BCUT2D eigenvalue weighted by molar-refractivity contribution is 5.93. The van der Waals surface area contributed by atoms with E-state index in [0.29, 0.717) is 17.4 Å². The zero-order valence-corrected chi connectivity index (χ0v) is 13.7. The molecule has 0 bridgehead atoms. The van der Waals surface area contributed by atoms with Crippen molar-refractivity contribution in [1.29, 1.82) is 0 Å². The van der Waals surface area contributed by atoms with Crippen molar-refractivity contribution in [2.24, 2.45) is 0 Å². The lowest BCUT2D eigenvalue weighted by atomic mass is 10.1. The number of aromatic nitrogens is 3. The predicted octanol–water partition coefficient (Wildman–Crippen LogP) is 3.97. The smallest absolute Gasteiger partial charge is 0.300 e. The van der Waals surface area contributed by atoms with Crippen LogP contribution in [-0.4, -0.2) is 15.1 Å². The van der Waals surface area contributed by atoms with Gasteiger partial charge < -0.3 is 8.94 Å². The topological polar surface area (TPSA) is 77.0 Å². The minimum absolute atomic E-state index is 0.372. The fourth-order valence-corrected chi connectivity index (χ4v) is 2.43. The number of aryl methyl sites for hydroxylation is 2. The second kappa shape index (κ2) is 6.13. The van der Waals surface area contributed by atoms with Crippen LogP contribution in [0.1, 0.15) is 22.4 Å². The highest BCUT2D eigenvalue weighted by atomic mass is 16.5. The van der Waals surface area contributed by atoms with E-state index in [4.69, 9.17) is 8.94 Å². The lowest BCUT2D eigenvalue weighted by Gasteiger charge is -1.99. The number of hydrogen-bond acceptors (Lipinski definition) is 6. The van der Waals surface area contributed by atoms with Crippen molar-refractivity contribution in [3.63, 3.8) is 0 Å². The highest BCUT2D eigenvalue weighted by Crippen LogP contribution is 2.29. The minimum atomic E-state index is 0.372. The molecule has 3 heterocycles. The molecule has 4 aromatic rings. The third kappa shape index (κ3) is 2.95. The highest BCUT2D eigenvalue weighted by Gasteiger charge is 2.14. The summed E-state index contributed by atoms with van der Waals surface area (Å²) in [4.78, 5) is 8.28. The Bertz CT molecular complexity index is 1100. The first-order valence-corrected chi connectivity index (χ1v) is 7.71. The lowest BCUT2D eigenvalue weighted by Crippen LogP contribution is -1.91. The first kappa shape index (κ1) is 15.0. The van der Waals surface area contributed by atoms with Crippen molar-refractivity contribution in [2.45, 2.75) is 13.8 Å². The van der Waals surface area contributed by atoms with Gasteiger partial charge >= 0.3 is 6.01 Å².